The van der Waals surface area contributed by atoms with Gasteiger partial charge in [0.2, 0.25) is 0 Å². The molecule has 3 aromatic rings. The number of nitrogens with zero attached hydrogens (tertiary/aromatic N) is 2. The second-order valence-electron chi connectivity index (χ2n) is 5.57. The molecule has 8 nitrogen and oxygen atoms in total. The van der Waals surface area contributed by atoms with Gasteiger partial charge in [-0.25, -0.2) is 0 Å². The average Bonchev–Trinajstić information content (AvgIpc) is 2.69. The molecule has 0 radical (unpaired) electrons. The molecule has 9 heteroatoms. The summed E-state index contributed by atoms with van der Waals surface area (Å²) in [4.78, 5) is 23.3. The van der Waals surface area contributed by atoms with Crippen LogP contribution in [-0.4, -0.2) is 28.4 Å². The third-order valence-electron chi connectivity index (χ3n) is 4.12. The van der Waals surface area contributed by atoms with Gasteiger partial charge in [0, 0.05) is 0 Å². The molecule has 0 aromatic heterocycles. The van der Waals surface area contributed by atoms with Crippen molar-refractivity contribution in [1.29, 1.82) is 0 Å². The van der Waals surface area contributed by atoms with Crippen LogP contribution in [0.2, 0.25) is 0 Å². The molecule has 0 fully saturated rings. The quantitative estimate of drug-likeness (QED) is 0.291. The van der Waals surface area contributed by atoms with Crippen molar-refractivity contribution in [2.45, 2.75) is 0 Å². The van der Waals surface area contributed by atoms with Gasteiger partial charge in [-0.15, -0.1) is 0 Å². The summed E-state index contributed by atoms with van der Waals surface area (Å²) in [6.07, 6.45) is 0. The SMILES string of the molecule is O=[N+]([O-])[O][Sb]([O][N+](=O)[O-])([c]1ccccc1)([c]1ccccc1)[c]1ccccc1. The molecule has 0 amide bonds. The molecule has 0 unspecified atom stereocenters. The zero-order chi connectivity index (χ0) is 19.4. The minimum atomic E-state index is -6.12. The normalized spacial score (nSPS) is 12.4. The monoisotopic (exact) mass is 476 g/mol. The van der Waals surface area contributed by atoms with Crippen molar-refractivity contribution in [2.75, 3.05) is 0 Å². The van der Waals surface area contributed by atoms with E-state index >= 15 is 0 Å². The summed E-state index contributed by atoms with van der Waals surface area (Å²) in [5.74, 6) is 0. The Kier molecular flexibility index (Phi) is 5.01. The Labute approximate surface area is 156 Å². The fourth-order valence-electron chi connectivity index (χ4n) is 3.10. The van der Waals surface area contributed by atoms with Gasteiger partial charge in [-0.2, -0.15) is 0 Å². The molecule has 0 atom stereocenters. The zero-order valence-electron chi connectivity index (χ0n) is 14.0. The summed E-state index contributed by atoms with van der Waals surface area (Å²) in [7, 11) is 0. The minimum absolute atomic E-state index is 0.274. The van der Waals surface area contributed by atoms with Crippen molar-refractivity contribution in [3.8, 4) is 0 Å². The second-order valence-corrected chi connectivity index (χ2v) is 16.4. The third kappa shape index (κ3) is 3.08. The Morgan fingerprint density at radius 2 is 0.815 bits per heavy atom. The van der Waals surface area contributed by atoms with Gasteiger partial charge in [0.1, 0.15) is 0 Å². The number of rotatable bonds is 7. The van der Waals surface area contributed by atoms with Crippen molar-refractivity contribution < 1.29 is 16.4 Å². The van der Waals surface area contributed by atoms with Gasteiger partial charge in [0.15, 0.2) is 0 Å². The molecule has 0 aliphatic rings. The van der Waals surface area contributed by atoms with Gasteiger partial charge in [0.25, 0.3) is 0 Å². The van der Waals surface area contributed by atoms with Crippen molar-refractivity contribution >= 4 is 28.8 Å². The second kappa shape index (κ2) is 7.24. The molecule has 0 heterocycles. The molecule has 3 rings (SSSR count). The first-order valence-corrected chi connectivity index (χ1v) is 13.8. The van der Waals surface area contributed by atoms with Crippen LogP contribution in [0.1, 0.15) is 0 Å². The molecule has 0 saturated heterocycles. The Balaban J connectivity index is 2.56. The van der Waals surface area contributed by atoms with E-state index in [0.717, 1.165) is 0 Å². The van der Waals surface area contributed by atoms with Gasteiger partial charge in [-0.05, 0) is 0 Å². The van der Waals surface area contributed by atoms with E-state index in [0.29, 0.717) is 0 Å². The summed E-state index contributed by atoms with van der Waals surface area (Å²) >= 11 is -6.12. The van der Waals surface area contributed by atoms with E-state index in [1.807, 2.05) is 0 Å². The fraction of sp³-hybridized carbons (Fsp3) is 0. The maximum atomic E-state index is 11.7. The van der Waals surface area contributed by atoms with Crippen LogP contribution in [0.25, 0.3) is 0 Å². The molecule has 0 aliphatic heterocycles. The molecule has 138 valence electrons. The predicted octanol–water partition coefficient (Wildman–Crippen LogP) is 1.52. The first kappa shape index (κ1) is 18.7. The third-order valence-corrected chi connectivity index (χ3v) is 17.2. The summed E-state index contributed by atoms with van der Waals surface area (Å²) in [6, 6.07) is 24.3. The summed E-state index contributed by atoms with van der Waals surface area (Å²) < 4.78 is 11.5. The van der Waals surface area contributed by atoms with Crippen molar-refractivity contribution in [3.05, 3.63) is 111 Å². The Bertz CT molecular complexity index is 834. The van der Waals surface area contributed by atoms with Gasteiger partial charge in [-0.1, -0.05) is 0 Å². The standard InChI is InChI=1S/3C6H5.2NO3.Sb/c3*1-2-4-6-5-3-1;2*2-1(3)4;/h3*1-5H;;;/q;;;2*-1;+2. The molecule has 0 saturated carbocycles. The van der Waals surface area contributed by atoms with Crippen molar-refractivity contribution in [1.82, 2.24) is 0 Å². The molecule has 3 aromatic carbocycles. The number of hydrogen-bond acceptors (Lipinski definition) is 6. The summed E-state index contributed by atoms with van der Waals surface area (Å²) in [5, 5.41) is 21.3. The van der Waals surface area contributed by atoms with E-state index in [4.69, 9.17) is 6.23 Å². The van der Waals surface area contributed by atoms with E-state index in [9.17, 15) is 20.2 Å². The van der Waals surface area contributed by atoms with Gasteiger partial charge < -0.3 is 0 Å². The van der Waals surface area contributed by atoms with Crippen LogP contribution in [0.4, 0.5) is 0 Å². The van der Waals surface area contributed by atoms with E-state index in [-0.39, 0.29) is 10.5 Å². The zero-order valence-corrected chi connectivity index (χ0v) is 16.5. The summed E-state index contributed by atoms with van der Waals surface area (Å²) in [6.45, 7) is 0. The summed E-state index contributed by atoms with van der Waals surface area (Å²) in [5.41, 5.74) is 0. The first-order valence-electron chi connectivity index (χ1n) is 7.86. The van der Waals surface area contributed by atoms with Crippen LogP contribution in [-0.2, 0) is 6.23 Å². The Morgan fingerprint density at radius 3 is 1.04 bits per heavy atom. The van der Waals surface area contributed by atoms with Crippen LogP contribution < -0.4 is 10.5 Å². The molecular weight excluding hydrogens is 462 g/mol. The van der Waals surface area contributed by atoms with Crippen molar-refractivity contribution in [3.63, 3.8) is 0 Å². The molecule has 0 spiro atoms. The van der Waals surface area contributed by atoms with Crippen LogP contribution in [0, 0.1) is 20.2 Å². The average molecular weight is 477 g/mol. The molecular formula is C18H15N2O6Sb. The van der Waals surface area contributed by atoms with E-state index in [1.165, 1.54) is 0 Å². The Hall–Kier alpha value is -3.12. The van der Waals surface area contributed by atoms with Crippen molar-refractivity contribution in [2.24, 2.45) is 0 Å². The first-order chi connectivity index (χ1) is 13.0. The molecule has 27 heavy (non-hydrogen) atoms. The van der Waals surface area contributed by atoms with Gasteiger partial charge in [-0.3, -0.25) is 0 Å². The van der Waals surface area contributed by atoms with E-state index < -0.39 is 28.4 Å². The molecule has 0 N–H and O–H groups in total. The van der Waals surface area contributed by atoms with Crippen LogP contribution in [0.15, 0.2) is 91.0 Å². The molecule has 0 aliphatic carbocycles. The fourth-order valence-corrected chi connectivity index (χ4v) is 14.9. The van der Waals surface area contributed by atoms with Crippen LogP contribution >= 0.6 is 0 Å². The maximum absolute atomic E-state index is 11.7. The molecule has 0 bridgehead atoms. The van der Waals surface area contributed by atoms with Crippen LogP contribution in [0.5, 0.6) is 0 Å². The van der Waals surface area contributed by atoms with Gasteiger partial charge in [0.05, 0.1) is 0 Å². The number of hydrogen-bond donors (Lipinski definition) is 0. The predicted molar refractivity (Wildman–Crippen MR) is 100 cm³/mol. The Morgan fingerprint density at radius 1 is 0.556 bits per heavy atom. The van der Waals surface area contributed by atoms with E-state index in [1.54, 1.807) is 91.0 Å². The van der Waals surface area contributed by atoms with E-state index in [2.05, 4.69) is 0 Å². The topological polar surface area (TPSA) is 105 Å². The van der Waals surface area contributed by atoms with Crippen LogP contribution in [0.3, 0.4) is 0 Å². The number of benzene rings is 3. The van der Waals surface area contributed by atoms with Gasteiger partial charge >= 0.3 is 156 Å².